The van der Waals surface area contributed by atoms with Gasteiger partial charge in [-0.3, -0.25) is 14.2 Å². The highest BCUT2D eigenvalue weighted by atomic mass is 16.2. The van der Waals surface area contributed by atoms with E-state index in [0.29, 0.717) is 12.2 Å². The summed E-state index contributed by atoms with van der Waals surface area (Å²) in [5.74, 6) is -0.240. The Morgan fingerprint density at radius 2 is 2.04 bits per heavy atom. The second-order valence-corrected chi connectivity index (χ2v) is 6.38. The van der Waals surface area contributed by atoms with Crippen LogP contribution in [-0.4, -0.2) is 21.5 Å². The molecule has 5 heteroatoms. The minimum absolute atomic E-state index is 0.0315. The van der Waals surface area contributed by atoms with Gasteiger partial charge in [0.15, 0.2) is 0 Å². The van der Waals surface area contributed by atoms with Crippen molar-refractivity contribution in [2.24, 2.45) is 0 Å². The van der Waals surface area contributed by atoms with E-state index in [-0.39, 0.29) is 23.1 Å². The molecule has 0 bridgehead atoms. The molecule has 0 N–H and O–H groups in total. The fourth-order valence-electron chi connectivity index (χ4n) is 3.66. The Labute approximate surface area is 145 Å². The molecule has 1 atom stereocenters. The fraction of sp³-hybridized carbons (Fsp3) is 0.250. The third-order valence-electron chi connectivity index (χ3n) is 4.82. The number of fused-ring (bicyclic) bond motifs is 2. The molecule has 0 fully saturated rings. The lowest BCUT2D eigenvalue weighted by atomic mass is 10.1. The Hall–Kier alpha value is -2.95. The molecule has 5 nitrogen and oxygen atoms in total. The zero-order valence-electron chi connectivity index (χ0n) is 14.3. The number of hydrogen-bond donors (Lipinski definition) is 0. The van der Waals surface area contributed by atoms with E-state index < -0.39 is 0 Å². The molecular formula is C20H19N3O2. The van der Waals surface area contributed by atoms with Crippen molar-refractivity contribution in [2.75, 3.05) is 4.90 Å². The number of rotatable bonds is 2. The molecule has 1 amide bonds. The van der Waals surface area contributed by atoms with Crippen LogP contribution in [0.25, 0.3) is 11.0 Å². The molecule has 0 saturated carbocycles. The van der Waals surface area contributed by atoms with Crippen LogP contribution in [0.1, 0.15) is 29.8 Å². The van der Waals surface area contributed by atoms with Gasteiger partial charge in [-0.2, -0.15) is 0 Å². The molecule has 126 valence electrons. The van der Waals surface area contributed by atoms with Crippen LogP contribution in [0, 0.1) is 0 Å². The standard InChI is InChI=1S/C20H19N3O2/c1-3-22-18-15(8-6-10-21-18)12-16(19(22)24)20(25)23-13(2)11-14-7-4-5-9-17(14)23/h4-10,12-13H,3,11H2,1-2H3/t13-/m1/s1. The normalized spacial score (nSPS) is 16.2. The van der Waals surface area contributed by atoms with Crippen LogP contribution < -0.4 is 10.5 Å². The van der Waals surface area contributed by atoms with Crippen LogP contribution in [0.3, 0.4) is 0 Å². The maximum Gasteiger partial charge on any atom is 0.265 e. The van der Waals surface area contributed by atoms with Crippen LogP contribution in [0.5, 0.6) is 0 Å². The number of carbonyl (C=O) groups excluding carboxylic acids is 1. The van der Waals surface area contributed by atoms with Crippen LogP contribution in [0.4, 0.5) is 5.69 Å². The maximum atomic E-state index is 13.2. The zero-order chi connectivity index (χ0) is 17.6. The number of pyridine rings is 2. The van der Waals surface area contributed by atoms with Gasteiger partial charge in [0.25, 0.3) is 11.5 Å². The first kappa shape index (κ1) is 15.6. The highest BCUT2D eigenvalue weighted by Crippen LogP contribution is 2.32. The number of para-hydroxylation sites is 1. The molecule has 1 aliphatic heterocycles. The smallest absolute Gasteiger partial charge is 0.265 e. The van der Waals surface area contributed by atoms with E-state index in [1.54, 1.807) is 21.7 Å². The molecule has 4 rings (SSSR count). The maximum absolute atomic E-state index is 13.2. The summed E-state index contributed by atoms with van der Waals surface area (Å²) in [7, 11) is 0. The van der Waals surface area contributed by atoms with Crippen molar-refractivity contribution in [3.05, 3.63) is 70.1 Å². The van der Waals surface area contributed by atoms with Gasteiger partial charge in [-0.15, -0.1) is 0 Å². The summed E-state index contributed by atoms with van der Waals surface area (Å²) in [5, 5.41) is 0.799. The van der Waals surface area contributed by atoms with Gasteiger partial charge in [0.05, 0.1) is 0 Å². The Morgan fingerprint density at radius 1 is 1.24 bits per heavy atom. The molecule has 0 spiro atoms. The third-order valence-corrected chi connectivity index (χ3v) is 4.82. The lowest BCUT2D eigenvalue weighted by Gasteiger charge is -2.23. The van der Waals surface area contributed by atoms with E-state index in [2.05, 4.69) is 4.98 Å². The van der Waals surface area contributed by atoms with Crippen LogP contribution in [0.15, 0.2) is 53.5 Å². The van der Waals surface area contributed by atoms with Crippen molar-refractivity contribution < 1.29 is 4.79 Å². The lowest BCUT2D eigenvalue weighted by Crippen LogP contribution is -2.40. The van der Waals surface area contributed by atoms with Gasteiger partial charge < -0.3 is 4.90 Å². The topological polar surface area (TPSA) is 55.2 Å². The van der Waals surface area contributed by atoms with E-state index >= 15 is 0 Å². The summed E-state index contributed by atoms with van der Waals surface area (Å²) in [4.78, 5) is 32.2. The van der Waals surface area contributed by atoms with Crippen molar-refractivity contribution in [2.45, 2.75) is 32.9 Å². The quantitative estimate of drug-likeness (QED) is 0.724. The SMILES string of the molecule is CCn1c(=O)c(C(=O)N2c3ccccc3C[C@H]2C)cc2cccnc21. The second kappa shape index (κ2) is 5.84. The van der Waals surface area contributed by atoms with Crippen molar-refractivity contribution >= 4 is 22.6 Å². The molecule has 1 aromatic carbocycles. The van der Waals surface area contributed by atoms with Gasteiger partial charge in [0.1, 0.15) is 11.2 Å². The first-order chi connectivity index (χ1) is 12.1. The van der Waals surface area contributed by atoms with Gasteiger partial charge >= 0.3 is 0 Å². The number of amides is 1. The van der Waals surface area contributed by atoms with E-state index in [9.17, 15) is 9.59 Å². The predicted octanol–water partition coefficient (Wildman–Crippen LogP) is 3.01. The molecule has 3 aromatic rings. The van der Waals surface area contributed by atoms with Crippen molar-refractivity contribution in [3.8, 4) is 0 Å². The summed E-state index contributed by atoms with van der Waals surface area (Å²) in [5.41, 5.74) is 2.57. The molecular weight excluding hydrogens is 314 g/mol. The van der Waals surface area contributed by atoms with Gasteiger partial charge in [-0.25, -0.2) is 4.98 Å². The molecule has 1 aliphatic rings. The first-order valence-corrected chi connectivity index (χ1v) is 8.52. The van der Waals surface area contributed by atoms with Crippen molar-refractivity contribution in [1.82, 2.24) is 9.55 Å². The number of aryl methyl sites for hydroxylation is 1. The Morgan fingerprint density at radius 3 is 2.84 bits per heavy atom. The molecule has 0 unspecified atom stereocenters. The van der Waals surface area contributed by atoms with Gasteiger partial charge in [0, 0.05) is 29.9 Å². The van der Waals surface area contributed by atoms with Crippen LogP contribution in [-0.2, 0) is 13.0 Å². The minimum Gasteiger partial charge on any atom is -0.305 e. The minimum atomic E-state index is -0.282. The fourth-order valence-corrected chi connectivity index (χ4v) is 3.66. The number of hydrogen-bond acceptors (Lipinski definition) is 3. The number of benzene rings is 1. The summed E-state index contributed by atoms with van der Waals surface area (Å²) in [6, 6.07) is 13.3. The molecule has 25 heavy (non-hydrogen) atoms. The monoisotopic (exact) mass is 333 g/mol. The lowest BCUT2D eigenvalue weighted by molar-refractivity contribution is 0.0979. The van der Waals surface area contributed by atoms with Crippen molar-refractivity contribution in [1.29, 1.82) is 0 Å². The van der Waals surface area contributed by atoms with Crippen LogP contribution >= 0.6 is 0 Å². The number of anilines is 1. The molecule has 0 saturated heterocycles. The predicted molar refractivity (Wildman–Crippen MR) is 98.1 cm³/mol. The first-order valence-electron chi connectivity index (χ1n) is 8.52. The van der Waals surface area contributed by atoms with Gasteiger partial charge in [-0.05, 0) is 50.1 Å². The molecule has 2 aromatic heterocycles. The highest BCUT2D eigenvalue weighted by Gasteiger charge is 2.32. The summed E-state index contributed by atoms with van der Waals surface area (Å²) >= 11 is 0. The largest absolute Gasteiger partial charge is 0.305 e. The van der Waals surface area contributed by atoms with E-state index in [1.165, 1.54) is 0 Å². The van der Waals surface area contributed by atoms with Crippen LogP contribution in [0.2, 0.25) is 0 Å². The van der Waals surface area contributed by atoms with Gasteiger partial charge in [-0.1, -0.05) is 18.2 Å². The number of nitrogens with zero attached hydrogens (tertiary/aromatic N) is 3. The zero-order valence-corrected chi connectivity index (χ0v) is 14.3. The highest BCUT2D eigenvalue weighted by molar-refractivity contribution is 6.08. The van der Waals surface area contributed by atoms with E-state index in [0.717, 1.165) is 23.1 Å². The van der Waals surface area contributed by atoms with E-state index in [4.69, 9.17) is 0 Å². The summed E-state index contributed by atoms with van der Waals surface area (Å²) in [6.07, 6.45) is 2.47. The Balaban J connectivity index is 1.89. The molecule has 3 heterocycles. The second-order valence-electron chi connectivity index (χ2n) is 6.38. The molecule has 0 radical (unpaired) electrons. The average Bonchev–Trinajstić information content (AvgIpc) is 2.96. The van der Waals surface area contributed by atoms with Gasteiger partial charge in [0.2, 0.25) is 0 Å². The number of carbonyl (C=O) groups is 1. The Bertz CT molecular complexity index is 1040. The average molecular weight is 333 g/mol. The summed E-state index contributed by atoms with van der Waals surface area (Å²) < 4.78 is 1.56. The van der Waals surface area contributed by atoms with E-state index in [1.807, 2.05) is 50.2 Å². The Kier molecular flexibility index (Phi) is 3.64. The third kappa shape index (κ3) is 2.35. The molecule has 0 aliphatic carbocycles. The summed E-state index contributed by atoms with van der Waals surface area (Å²) in [6.45, 7) is 4.37. The van der Waals surface area contributed by atoms with Crippen molar-refractivity contribution in [3.63, 3.8) is 0 Å². The number of aromatic nitrogens is 2.